The number of aliphatic hydroxyl groups excluding tert-OH is 1. The Morgan fingerprint density at radius 3 is 1.73 bits per heavy atom. The van der Waals surface area contributed by atoms with E-state index in [9.17, 15) is 67.7 Å². The van der Waals surface area contributed by atoms with E-state index in [0.29, 0.717) is 75.0 Å². The van der Waals surface area contributed by atoms with Gasteiger partial charge < -0.3 is 119 Å². The molecule has 0 radical (unpaired) electrons. The minimum atomic E-state index is -1.93. The zero-order valence-corrected chi connectivity index (χ0v) is 86.7. The van der Waals surface area contributed by atoms with Crippen molar-refractivity contribution >= 4 is 134 Å². The molecule has 13 amide bonds. The van der Waals surface area contributed by atoms with Gasteiger partial charge in [0.25, 0.3) is 0 Å². The van der Waals surface area contributed by atoms with Crippen molar-refractivity contribution in [2.24, 2.45) is 17.4 Å². The number of benzene rings is 4. The number of nitrogens with two attached hydrogens (primary N) is 2. The average molecular weight is 2090 g/mol. The predicted octanol–water partition coefficient (Wildman–Crippen LogP) is 7.40. The Morgan fingerprint density at radius 2 is 1.12 bits per heavy atom. The van der Waals surface area contributed by atoms with Crippen LogP contribution in [0.15, 0.2) is 97.3 Å². The fourth-order valence-electron chi connectivity index (χ4n) is 17.4. The van der Waals surface area contributed by atoms with Crippen molar-refractivity contribution in [1.29, 1.82) is 0 Å². The van der Waals surface area contributed by atoms with Gasteiger partial charge in [0.1, 0.15) is 78.4 Å². The lowest BCUT2D eigenvalue weighted by molar-refractivity contribution is -0.147. The number of primary amides is 1. The van der Waals surface area contributed by atoms with Gasteiger partial charge >= 0.3 is 5.97 Å². The number of hydrogen-bond acceptors (Lipinski definition) is 24. The first-order valence-electron chi connectivity index (χ1n) is 51.5. The number of carboxylic acids is 1. The van der Waals surface area contributed by atoms with Crippen molar-refractivity contribution < 1.29 is 115 Å². The van der Waals surface area contributed by atoms with Gasteiger partial charge in [0.2, 0.25) is 76.8 Å². The highest BCUT2D eigenvalue weighted by atomic mass is 32.2. The minimum absolute atomic E-state index is 0.00495. The molecule has 0 spiro atoms. The molecular formula is C105H152F2N16O22S2. The third kappa shape index (κ3) is 43.6. The number of ether oxygens (including phenoxy) is 4. The highest BCUT2D eigenvalue weighted by Crippen LogP contribution is 2.33. The number of phenols is 1. The summed E-state index contributed by atoms with van der Waals surface area (Å²) in [6.07, 6.45) is 16.5. The molecule has 2 aliphatic heterocycles. The number of aryl methyl sites for hydroxylation is 1. The van der Waals surface area contributed by atoms with Crippen molar-refractivity contribution in [3.8, 4) is 5.75 Å². The van der Waals surface area contributed by atoms with E-state index in [4.69, 9.17) is 30.4 Å². The summed E-state index contributed by atoms with van der Waals surface area (Å²) >= 11 is 2.78. The number of unbranched alkanes of at least 4 members (excludes halogenated alkanes) is 14. The fourth-order valence-corrected chi connectivity index (χ4v) is 19.3. The molecule has 0 aliphatic carbocycles. The van der Waals surface area contributed by atoms with E-state index < -0.39 is 180 Å². The van der Waals surface area contributed by atoms with Gasteiger partial charge in [-0.2, -0.15) is 23.5 Å². The molecular weight excluding hydrogens is 1940 g/mol. The number of nitrogens with zero attached hydrogens (tertiary/aromatic N) is 1. The number of aliphatic hydroxyl groups is 1. The Morgan fingerprint density at radius 1 is 0.565 bits per heavy atom. The average Bonchev–Trinajstić information content (AvgIpc) is 1.68. The minimum Gasteiger partial charge on any atom is -0.508 e. The summed E-state index contributed by atoms with van der Waals surface area (Å²) in [4.78, 5) is 218. The van der Waals surface area contributed by atoms with Crippen LogP contribution in [0.25, 0.3) is 21.8 Å². The number of fused-ring (bicyclic) bond motifs is 5. The molecule has 2 aliphatic rings. The van der Waals surface area contributed by atoms with Gasteiger partial charge in [-0.1, -0.05) is 120 Å². The van der Waals surface area contributed by atoms with Gasteiger partial charge in [0, 0.05) is 128 Å². The highest BCUT2D eigenvalue weighted by Gasteiger charge is 2.49. The van der Waals surface area contributed by atoms with E-state index >= 15 is 28.4 Å². The second kappa shape index (κ2) is 65.9. The monoisotopic (exact) mass is 2090 g/mol. The van der Waals surface area contributed by atoms with Crippen LogP contribution in [0.1, 0.15) is 229 Å². The largest absolute Gasteiger partial charge is 0.508 e. The number of phenolic OH excluding ortho intramolecular Hbond substituents is 1. The number of rotatable bonds is 53. The first kappa shape index (κ1) is 121. The molecule has 810 valence electrons. The van der Waals surface area contributed by atoms with E-state index in [0.717, 1.165) is 30.4 Å². The van der Waals surface area contributed by atoms with Crippen LogP contribution < -0.4 is 70.0 Å². The Kier molecular flexibility index (Phi) is 54.1. The summed E-state index contributed by atoms with van der Waals surface area (Å²) in [5, 5.41) is 62.2. The van der Waals surface area contributed by atoms with Crippen molar-refractivity contribution in [1.82, 2.24) is 73.4 Å². The Bertz CT molecular complexity index is 5230. The van der Waals surface area contributed by atoms with Crippen molar-refractivity contribution in [3.63, 3.8) is 0 Å². The number of hydrogen-bond donors (Lipinski definition) is 18. The maximum absolute atomic E-state index is 15.6. The molecule has 4 heterocycles. The number of carboxylic acid groups (broad SMARTS) is 1. The molecule has 1 fully saturated rings. The first-order chi connectivity index (χ1) is 70.7. The van der Waals surface area contributed by atoms with Crippen LogP contribution in [0, 0.1) is 17.6 Å². The second-order valence-electron chi connectivity index (χ2n) is 37.8. The molecule has 147 heavy (non-hydrogen) atoms. The molecule has 20 N–H and O–H groups in total. The molecule has 6 aromatic rings. The number of H-pyrrole nitrogens is 2. The second-order valence-corrected chi connectivity index (χ2v) is 40.0. The van der Waals surface area contributed by atoms with Gasteiger partial charge in [-0.3, -0.25) is 67.1 Å². The van der Waals surface area contributed by atoms with E-state index in [2.05, 4.69) is 75.4 Å². The summed E-state index contributed by atoms with van der Waals surface area (Å²) < 4.78 is 52.3. The highest BCUT2D eigenvalue weighted by molar-refractivity contribution is 7.98. The summed E-state index contributed by atoms with van der Waals surface area (Å²) in [5.74, 6) is -12.7. The zero-order chi connectivity index (χ0) is 106. The maximum Gasteiger partial charge on any atom is 0.326 e. The zero-order valence-electron chi connectivity index (χ0n) is 85.0. The topological polar surface area (TPSA) is 573 Å². The molecule has 1 saturated heterocycles. The molecule has 42 heteroatoms. The van der Waals surface area contributed by atoms with Gasteiger partial charge in [0.15, 0.2) is 5.78 Å². The number of carbonyl (C=O) groups is 15. The summed E-state index contributed by atoms with van der Waals surface area (Å²) in [7, 11) is 0. The van der Waals surface area contributed by atoms with Crippen LogP contribution in [0.4, 0.5) is 8.78 Å². The smallest absolute Gasteiger partial charge is 0.326 e. The molecule has 4 aromatic carbocycles. The molecule has 38 nitrogen and oxygen atoms in total. The number of aliphatic carboxylic acids is 1. The maximum atomic E-state index is 15.6. The lowest BCUT2D eigenvalue weighted by atomic mass is 9.91. The number of amides is 13. The normalized spacial score (nSPS) is 20.2. The SMILES string of the molecule is CCCCCCCCCCCCCCCC(=O)N[C@@H](CCC(=O)NCCOCCOCC(=O)NCCOCCOCC(=O)NCCCC[C@@H]1NC(=O)[C@H](Cc2c[nH]c3ccc(F)cc23)NC(=O)[C@H](CCc2c[nH]c3ccc(F)cc23)CC(=O)[C@@H](C)NC(=O)[C@H](CCCCN)NC(=O)CCSCc2cccc(c2)CSC[C@@H](C(N)=O)NC(=O)[C@]2(C)CCCN2C(=O)[C@H](Cc2ccc(O)cc2)NC(=O)[C@H]([C@@H](C)O)NC1=O)C(=O)O. The van der Waals surface area contributed by atoms with E-state index in [1.54, 1.807) is 6.20 Å². The standard InChI is InChI=1S/C105H152F2N16O22S2/c1-5-6-7-8-9-10-11-12-13-14-15-16-17-28-91(128)117-85(103(139)140)39-40-90(127)111-45-48-142-50-53-145-64-94(131)112-46-49-143-51-52-144-63-93(130)110-44-21-19-27-84-99(135)122-95(69(3)124)101(137)120-87(56-70-29-35-78(125)36-30-70)102(138)123-47-23-42-105(123,4)104(141)121-88(96(109)132)67-147-66-72-25-22-24-71(55-72)65-146-54-41-92(129)116-83(26-18-20-43-108)98(134)115-68(2)89(126)58-73(31-32-74-61-113-81-37-33-76(106)59-79(74)81)97(133)119-86(100(136)118-84)57-75-62-114-82-38-34-77(107)60-80(75)82/h22,24-25,29-30,33-38,55,59-62,68-69,73,83-88,95,113-114,124-125H,5-21,23,26-28,31-32,39-54,56-58,63-67,108H2,1-4H3,(H2,109,132)(H,110,130)(H,111,127)(H,112,131)(H,115,134)(H,116,129)(H,117,128)(H,118,136)(H,119,133)(H,120,137)(H,121,141)(H,122,135)(H,139,140)/t68-,69-,73-,83+,84+,85+,86+,87+,88+,95+,105+/m1/s1. The van der Waals surface area contributed by atoms with Gasteiger partial charge in [-0.05, 0) is 181 Å². The van der Waals surface area contributed by atoms with Crippen molar-refractivity contribution in [2.45, 2.75) is 292 Å². The molecule has 11 atom stereocenters. The number of carbonyl (C=O) groups excluding carboxylic acids is 14. The van der Waals surface area contributed by atoms with Crippen LogP contribution in [-0.2, 0) is 122 Å². The molecule has 8 rings (SSSR count). The number of aromatic hydroxyl groups is 1. The fraction of sp³-hybridized carbons (Fsp3) is 0.590. The molecule has 0 unspecified atom stereocenters. The van der Waals surface area contributed by atoms with Crippen LogP contribution >= 0.6 is 23.5 Å². The Hall–Kier alpha value is -11.7. The Balaban J connectivity index is 0.915. The number of nitrogens with one attached hydrogen (secondary N) is 13. The summed E-state index contributed by atoms with van der Waals surface area (Å²) in [6.45, 7) is 6.46. The lowest BCUT2D eigenvalue weighted by Crippen LogP contribution is -2.64. The van der Waals surface area contributed by atoms with Crippen molar-refractivity contribution in [2.75, 3.05) is 97.1 Å². The Labute approximate surface area is 866 Å². The van der Waals surface area contributed by atoms with Crippen LogP contribution in [0.3, 0.4) is 0 Å². The van der Waals surface area contributed by atoms with Gasteiger partial charge in [-0.15, -0.1) is 0 Å². The third-order valence-corrected chi connectivity index (χ3v) is 28.1. The summed E-state index contributed by atoms with van der Waals surface area (Å²) in [5.41, 5.74) is 14.2. The van der Waals surface area contributed by atoms with E-state index in [1.165, 1.54) is 174 Å². The molecule has 2 bridgehead atoms. The number of halogens is 2. The van der Waals surface area contributed by atoms with Gasteiger partial charge in [-0.25, -0.2) is 13.6 Å². The number of aromatic amines is 2. The lowest BCUT2D eigenvalue weighted by Gasteiger charge is -2.37. The number of thioether (sulfide) groups is 2. The molecule has 2 aromatic heterocycles. The number of ketones is 1. The number of aromatic nitrogens is 2. The number of Topliss-reactive ketones (excluding diaryl/α,β-unsaturated/α-hetero) is 1. The van der Waals surface area contributed by atoms with Gasteiger partial charge in [0.05, 0.1) is 51.8 Å². The first-order valence-corrected chi connectivity index (χ1v) is 53.8. The van der Waals surface area contributed by atoms with Crippen LogP contribution in [0.5, 0.6) is 5.75 Å². The van der Waals surface area contributed by atoms with Crippen molar-refractivity contribution in [3.05, 3.63) is 137 Å². The van der Waals surface area contributed by atoms with Crippen LogP contribution in [0.2, 0.25) is 0 Å². The van der Waals surface area contributed by atoms with Crippen LogP contribution in [-0.4, -0.2) is 276 Å². The van der Waals surface area contributed by atoms with E-state index in [1.807, 2.05) is 24.3 Å². The predicted molar refractivity (Wildman–Crippen MR) is 554 cm³/mol. The van der Waals surface area contributed by atoms with E-state index in [-0.39, 0.29) is 180 Å². The molecule has 0 saturated carbocycles. The quantitative estimate of drug-likeness (QED) is 0.0165. The summed E-state index contributed by atoms with van der Waals surface area (Å²) in [6, 6.07) is 9.59. The third-order valence-electron chi connectivity index (χ3n) is 25.9.